The SMILES string of the molecule is CN(C)CCCON(C)CCC[C@H]1CC[C@]2(O)[C@@H]3CC[C@@H]4C[C@@H](O)CC[C@]4(C)[C@H]3CC[C@]12C. The van der Waals surface area contributed by atoms with Gasteiger partial charge in [-0.25, -0.2) is 0 Å². The molecule has 0 aromatic rings. The van der Waals surface area contributed by atoms with Crippen LogP contribution in [0.1, 0.15) is 90.9 Å². The van der Waals surface area contributed by atoms with Crippen molar-refractivity contribution in [3.63, 3.8) is 0 Å². The first kappa shape index (κ1) is 25.9. The Balaban J connectivity index is 1.33. The summed E-state index contributed by atoms with van der Waals surface area (Å²) >= 11 is 0. The highest BCUT2D eigenvalue weighted by Crippen LogP contribution is 2.69. The number of rotatable bonds is 9. The van der Waals surface area contributed by atoms with Crippen LogP contribution in [-0.2, 0) is 4.84 Å². The lowest BCUT2D eigenvalue weighted by molar-refractivity contribution is -0.210. The highest BCUT2D eigenvalue weighted by atomic mass is 16.7. The fourth-order valence-electron chi connectivity index (χ4n) is 9.00. The summed E-state index contributed by atoms with van der Waals surface area (Å²) in [6.45, 7) is 7.76. The Kier molecular flexibility index (Phi) is 7.88. The van der Waals surface area contributed by atoms with E-state index in [1.165, 1.54) is 38.5 Å². The van der Waals surface area contributed by atoms with Crippen molar-refractivity contribution < 1.29 is 15.1 Å². The molecule has 4 aliphatic carbocycles. The maximum Gasteiger partial charge on any atom is 0.0734 e. The van der Waals surface area contributed by atoms with E-state index in [1.54, 1.807) is 0 Å². The smallest absolute Gasteiger partial charge is 0.0734 e. The number of nitrogens with zero attached hydrogens (tertiary/aromatic N) is 2. The fourth-order valence-corrected chi connectivity index (χ4v) is 9.00. The molecule has 0 heterocycles. The van der Waals surface area contributed by atoms with Crippen molar-refractivity contribution in [2.45, 2.75) is 103 Å². The third kappa shape index (κ3) is 4.79. The van der Waals surface area contributed by atoms with Crippen molar-refractivity contribution >= 4 is 0 Å². The number of aliphatic hydroxyl groups excluding tert-OH is 1. The zero-order valence-electron chi connectivity index (χ0n) is 22.2. The maximum atomic E-state index is 12.3. The molecule has 4 saturated carbocycles. The Hall–Kier alpha value is -0.200. The van der Waals surface area contributed by atoms with Gasteiger partial charge in [-0.05, 0) is 132 Å². The van der Waals surface area contributed by atoms with Crippen LogP contribution in [-0.4, -0.2) is 72.7 Å². The summed E-state index contributed by atoms with van der Waals surface area (Å²) in [5.41, 5.74) is -0.0974. The van der Waals surface area contributed by atoms with Gasteiger partial charge in [-0.15, -0.1) is 0 Å². The van der Waals surface area contributed by atoms with Gasteiger partial charge in [-0.2, -0.15) is 5.06 Å². The van der Waals surface area contributed by atoms with Gasteiger partial charge in [0.25, 0.3) is 0 Å². The first-order valence-corrected chi connectivity index (χ1v) is 14.0. The van der Waals surface area contributed by atoms with Gasteiger partial charge in [-0.1, -0.05) is 13.8 Å². The second-order valence-electron chi connectivity index (χ2n) is 13.0. The highest BCUT2D eigenvalue weighted by Gasteiger charge is 2.66. The van der Waals surface area contributed by atoms with Gasteiger partial charge in [0.15, 0.2) is 0 Å². The van der Waals surface area contributed by atoms with Crippen molar-refractivity contribution in [3.8, 4) is 0 Å². The average molecular weight is 465 g/mol. The molecule has 0 saturated heterocycles. The largest absolute Gasteiger partial charge is 0.393 e. The van der Waals surface area contributed by atoms with Crippen molar-refractivity contribution in [1.82, 2.24) is 9.96 Å². The molecule has 0 unspecified atom stereocenters. The van der Waals surface area contributed by atoms with Gasteiger partial charge in [0, 0.05) is 13.6 Å². The van der Waals surface area contributed by atoms with Gasteiger partial charge >= 0.3 is 0 Å². The zero-order valence-corrected chi connectivity index (χ0v) is 22.2. The van der Waals surface area contributed by atoms with E-state index in [-0.39, 0.29) is 11.5 Å². The molecule has 4 rings (SSSR count). The Morgan fingerprint density at radius 3 is 2.42 bits per heavy atom. The second-order valence-corrected chi connectivity index (χ2v) is 13.0. The molecule has 0 aliphatic heterocycles. The van der Waals surface area contributed by atoms with Crippen LogP contribution in [0.15, 0.2) is 0 Å². The van der Waals surface area contributed by atoms with E-state index in [9.17, 15) is 10.2 Å². The summed E-state index contributed by atoms with van der Waals surface area (Å²) in [7, 11) is 6.27. The van der Waals surface area contributed by atoms with Crippen LogP contribution >= 0.6 is 0 Å². The summed E-state index contributed by atoms with van der Waals surface area (Å²) < 4.78 is 0. The molecule has 5 nitrogen and oxygen atoms in total. The standard InChI is InChI=1S/C28H52N2O3/c1-26-14-12-23(31)20-22(26)9-10-25-24(26)13-15-27(2)21(11-16-28(25,27)32)8-6-18-30(5)33-19-7-17-29(3)4/h21-25,31-32H,6-20H2,1-5H3/t21-,22+,23-,24-,25+,26-,27+,28-/m0/s1. The molecule has 0 bridgehead atoms. The van der Waals surface area contributed by atoms with Gasteiger partial charge in [0.1, 0.15) is 0 Å². The predicted molar refractivity (Wildman–Crippen MR) is 134 cm³/mol. The lowest BCUT2D eigenvalue weighted by Crippen LogP contribution is -2.62. The molecule has 192 valence electrons. The van der Waals surface area contributed by atoms with Gasteiger partial charge in [0.2, 0.25) is 0 Å². The second kappa shape index (κ2) is 10.0. The first-order chi connectivity index (χ1) is 15.6. The van der Waals surface area contributed by atoms with Gasteiger partial charge in [-0.3, -0.25) is 4.84 Å². The molecule has 0 aromatic carbocycles. The van der Waals surface area contributed by atoms with Crippen LogP contribution < -0.4 is 0 Å². The lowest BCUT2D eigenvalue weighted by Gasteiger charge is -2.63. The molecular formula is C28H52N2O3. The van der Waals surface area contributed by atoms with Crippen molar-refractivity contribution in [3.05, 3.63) is 0 Å². The Bertz CT molecular complexity index is 659. The molecule has 2 N–H and O–H groups in total. The summed E-state index contributed by atoms with van der Waals surface area (Å²) in [5, 5.41) is 24.6. The van der Waals surface area contributed by atoms with Crippen LogP contribution in [0.3, 0.4) is 0 Å². The van der Waals surface area contributed by atoms with Crippen molar-refractivity contribution in [2.24, 2.45) is 34.5 Å². The minimum absolute atomic E-state index is 0.0662. The van der Waals surface area contributed by atoms with E-state index in [1.807, 2.05) is 5.06 Å². The molecule has 0 spiro atoms. The first-order valence-electron chi connectivity index (χ1n) is 14.0. The molecule has 4 fully saturated rings. The summed E-state index contributed by atoms with van der Waals surface area (Å²) in [5.74, 6) is 2.38. The molecule has 0 radical (unpaired) electrons. The highest BCUT2D eigenvalue weighted by molar-refractivity contribution is 5.16. The number of hydrogen-bond acceptors (Lipinski definition) is 5. The van der Waals surface area contributed by atoms with E-state index in [0.29, 0.717) is 29.1 Å². The monoisotopic (exact) mass is 464 g/mol. The number of aliphatic hydroxyl groups is 2. The van der Waals surface area contributed by atoms with Gasteiger partial charge < -0.3 is 15.1 Å². The Morgan fingerprint density at radius 1 is 0.879 bits per heavy atom. The van der Waals surface area contributed by atoms with Crippen molar-refractivity contribution in [1.29, 1.82) is 0 Å². The van der Waals surface area contributed by atoms with E-state index in [4.69, 9.17) is 4.84 Å². The number of hydrogen-bond donors (Lipinski definition) is 2. The summed E-state index contributed by atoms with van der Waals surface area (Å²) in [6.07, 6.45) is 13.4. The molecule has 0 aromatic heterocycles. The van der Waals surface area contributed by atoms with Crippen LogP contribution in [0.2, 0.25) is 0 Å². The molecule has 0 amide bonds. The Morgan fingerprint density at radius 2 is 1.67 bits per heavy atom. The third-order valence-corrected chi connectivity index (χ3v) is 11.1. The van der Waals surface area contributed by atoms with Crippen LogP contribution in [0, 0.1) is 34.5 Å². The maximum absolute atomic E-state index is 12.3. The van der Waals surface area contributed by atoms with Crippen LogP contribution in [0.25, 0.3) is 0 Å². The van der Waals surface area contributed by atoms with Crippen molar-refractivity contribution in [2.75, 3.05) is 40.8 Å². The van der Waals surface area contributed by atoms with E-state index in [2.05, 4.69) is 39.9 Å². The van der Waals surface area contributed by atoms with E-state index < -0.39 is 5.60 Å². The Labute approximate surface area is 203 Å². The fraction of sp³-hybridized carbons (Fsp3) is 1.00. The van der Waals surface area contributed by atoms with E-state index in [0.717, 1.165) is 58.2 Å². The van der Waals surface area contributed by atoms with E-state index >= 15 is 0 Å². The molecular weight excluding hydrogens is 412 g/mol. The molecule has 4 aliphatic rings. The molecule has 5 heteroatoms. The average Bonchev–Trinajstić information content (AvgIpc) is 3.03. The predicted octanol–water partition coefficient (Wildman–Crippen LogP) is 4.72. The minimum atomic E-state index is -0.487. The normalized spacial score (nSPS) is 45.2. The topological polar surface area (TPSA) is 56.2 Å². The quantitative estimate of drug-likeness (QED) is 0.382. The van der Waals surface area contributed by atoms with Crippen LogP contribution in [0.5, 0.6) is 0 Å². The van der Waals surface area contributed by atoms with Crippen LogP contribution in [0.4, 0.5) is 0 Å². The summed E-state index contributed by atoms with van der Waals surface area (Å²) in [6, 6.07) is 0. The number of fused-ring (bicyclic) bond motifs is 5. The summed E-state index contributed by atoms with van der Waals surface area (Å²) in [4.78, 5) is 8.09. The molecule has 8 atom stereocenters. The van der Waals surface area contributed by atoms with Gasteiger partial charge in [0.05, 0.1) is 18.3 Å². The number of hydroxylamine groups is 2. The minimum Gasteiger partial charge on any atom is -0.393 e. The molecule has 33 heavy (non-hydrogen) atoms. The zero-order chi connectivity index (χ0) is 23.9. The third-order valence-electron chi connectivity index (χ3n) is 11.1. The lowest BCUT2D eigenvalue weighted by atomic mass is 9.43.